The van der Waals surface area contributed by atoms with Crippen LogP contribution in [0.2, 0.25) is 0 Å². The average molecular weight is 148 g/mol. The van der Waals surface area contributed by atoms with Crippen LogP contribution in [-0.4, -0.2) is 17.5 Å². The average Bonchev–Trinajstić information content (AvgIpc) is 1.79. The van der Waals surface area contributed by atoms with Gasteiger partial charge in [0.25, 0.3) is 0 Å². The highest BCUT2D eigenvalue weighted by Gasteiger charge is 2.03. The maximum atomic E-state index is 5.83. The molecule has 0 aromatic carbocycles. The second kappa shape index (κ2) is 4.13. The summed E-state index contributed by atoms with van der Waals surface area (Å²) in [6.07, 6.45) is 6.70. The van der Waals surface area contributed by atoms with E-state index in [2.05, 4.69) is 0 Å². The SMILES string of the molecule is ClN1CCCCCCC1. The molecule has 1 aliphatic rings. The van der Waals surface area contributed by atoms with Crippen molar-refractivity contribution in [2.24, 2.45) is 0 Å². The number of nitrogens with zero attached hydrogens (tertiary/aromatic N) is 1. The Hall–Kier alpha value is 0.250. The maximum absolute atomic E-state index is 5.83. The molecule has 0 unspecified atom stereocenters. The predicted octanol–water partition coefficient (Wildman–Crippen LogP) is 2.41. The lowest BCUT2D eigenvalue weighted by Crippen LogP contribution is -2.16. The van der Waals surface area contributed by atoms with Gasteiger partial charge in [-0.2, -0.15) is 0 Å². The fourth-order valence-electron chi connectivity index (χ4n) is 1.21. The minimum atomic E-state index is 1.08. The van der Waals surface area contributed by atoms with Crippen LogP contribution in [-0.2, 0) is 0 Å². The molecular weight excluding hydrogens is 134 g/mol. The Morgan fingerprint density at radius 2 is 1.22 bits per heavy atom. The molecule has 1 nitrogen and oxygen atoms in total. The summed E-state index contributed by atoms with van der Waals surface area (Å²) in [6, 6.07) is 0. The molecule has 0 amide bonds. The van der Waals surface area contributed by atoms with Crippen LogP contribution in [0.1, 0.15) is 32.1 Å². The van der Waals surface area contributed by atoms with Gasteiger partial charge >= 0.3 is 0 Å². The fourth-order valence-corrected chi connectivity index (χ4v) is 1.45. The molecule has 54 valence electrons. The second-order valence-electron chi connectivity index (χ2n) is 2.68. The summed E-state index contributed by atoms with van der Waals surface area (Å²) in [6.45, 7) is 2.17. The highest BCUT2D eigenvalue weighted by Crippen LogP contribution is 2.11. The Morgan fingerprint density at radius 3 is 1.78 bits per heavy atom. The van der Waals surface area contributed by atoms with Gasteiger partial charge in [-0.25, -0.2) is 4.42 Å². The lowest BCUT2D eigenvalue weighted by Gasteiger charge is -2.15. The first-order valence-corrected chi connectivity index (χ1v) is 4.14. The summed E-state index contributed by atoms with van der Waals surface area (Å²) in [5, 5.41) is 0. The molecule has 0 aromatic heterocycles. The third-order valence-electron chi connectivity index (χ3n) is 1.80. The van der Waals surface area contributed by atoms with Crippen molar-refractivity contribution in [3.63, 3.8) is 0 Å². The molecular formula is C7H14ClN. The van der Waals surface area contributed by atoms with Gasteiger partial charge < -0.3 is 0 Å². The third kappa shape index (κ3) is 3.07. The van der Waals surface area contributed by atoms with Crippen molar-refractivity contribution in [3.05, 3.63) is 0 Å². The zero-order valence-corrected chi connectivity index (χ0v) is 6.53. The van der Waals surface area contributed by atoms with Gasteiger partial charge in [-0.15, -0.1) is 0 Å². The van der Waals surface area contributed by atoms with Crippen LogP contribution >= 0.6 is 11.8 Å². The first-order valence-electron chi connectivity index (χ1n) is 3.80. The van der Waals surface area contributed by atoms with Gasteiger partial charge in [0.1, 0.15) is 0 Å². The molecule has 0 bridgehead atoms. The van der Waals surface area contributed by atoms with Crippen LogP contribution in [0.5, 0.6) is 0 Å². The summed E-state index contributed by atoms with van der Waals surface area (Å²) in [4.78, 5) is 0. The smallest absolute Gasteiger partial charge is 0.0139 e. The normalized spacial score (nSPS) is 25.0. The zero-order chi connectivity index (χ0) is 6.53. The van der Waals surface area contributed by atoms with E-state index in [-0.39, 0.29) is 0 Å². The van der Waals surface area contributed by atoms with E-state index >= 15 is 0 Å². The third-order valence-corrected chi connectivity index (χ3v) is 2.14. The maximum Gasteiger partial charge on any atom is 0.0139 e. The largest absolute Gasteiger partial charge is 0.220 e. The Balaban J connectivity index is 2.12. The molecule has 0 aliphatic carbocycles. The Kier molecular flexibility index (Phi) is 3.37. The van der Waals surface area contributed by atoms with Crippen LogP contribution in [0.15, 0.2) is 0 Å². The molecule has 0 atom stereocenters. The fraction of sp³-hybridized carbons (Fsp3) is 1.00. The van der Waals surface area contributed by atoms with E-state index < -0.39 is 0 Å². The molecule has 1 fully saturated rings. The summed E-state index contributed by atoms with van der Waals surface area (Å²) in [5.74, 6) is 0. The highest BCUT2D eigenvalue weighted by molar-refractivity contribution is 6.13. The van der Waals surface area contributed by atoms with E-state index in [9.17, 15) is 0 Å². The monoisotopic (exact) mass is 147 g/mol. The van der Waals surface area contributed by atoms with Crippen molar-refractivity contribution in [3.8, 4) is 0 Å². The summed E-state index contributed by atoms with van der Waals surface area (Å²) in [7, 11) is 0. The standard InChI is InChI=1S/C7H14ClN/c8-9-6-4-2-1-3-5-7-9/h1-7H2. The molecule has 0 N–H and O–H groups in total. The van der Waals surface area contributed by atoms with Gasteiger partial charge in [0.2, 0.25) is 0 Å². The lowest BCUT2D eigenvalue weighted by atomic mass is 10.1. The molecule has 1 rings (SSSR count). The highest BCUT2D eigenvalue weighted by atomic mass is 35.5. The minimum Gasteiger partial charge on any atom is -0.220 e. The molecule has 0 radical (unpaired) electrons. The molecule has 1 heterocycles. The van der Waals surface area contributed by atoms with Crippen LogP contribution in [0.4, 0.5) is 0 Å². The quantitative estimate of drug-likeness (QED) is 0.476. The van der Waals surface area contributed by atoms with Crippen molar-refractivity contribution in [2.75, 3.05) is 13.1 Å². The lowest BCUT2D eigenvalue weighted by molar-refractivity contribution is 0.387. The van der Waals surface area contributed by atoms with Gasteiger partial charge in [0.05, 0.1) is 0 Å². The number of rotatable bonds is 0. The minimum absolute atomic E-state index is 1.08. The molecule has 2 heteroatoms. The van der Waals surface area contributed by atoms with Crippen molar-refractivity contribution < 1.29 is 0 Å². The molecule has 1 aliphatic heterocycles. The number of halogens is 1. The van der Waals surface area contributed by atoms with Gasteiger partial charge in [-0.1, -0.05) is 19.3 Å². The zero-order valence-electron chi connectivity index (χ0n) is 5.77. The topological polar surface area (TPSA) is 3.24 Å². The first-order chi connectivity index (χ1) is 4.39. The van der Waals surface area contributed by atoms with Gasteiger partial charge in [0.15, 0.2) is 0 Å². The van der Waals surface area contributed by atoms with E-state index in [1.54, 1.807) is 0 Å². The van der Waals surface area contributed by atoms with Crippen molar-refractivity contribution >= 4 is 11.8 Å². The Morgan fingerprint density at radius 1 is 0.778 bits per heavy atom. The molecule has 0 aromatic rings. The number of hydrogen-bond donors (Lipinski definition) is 0. The van der Waals surface area contributed by atoms with E-state index in [1.165, 1.54) is 32.1 Å². The number of hydrogen-bond acceptors (Lipinski definition) is 1. The van der Waals surface area contributed by atoms with Crippen molar-refractivity contribution in [2.45, 2.75) is 32.1 Å². The summed E-state index contributed by atoms with van der Waals surface area (Å²) in [5.41, 5.74) is 0. The molecule has 1 saturated heterocycles. The summed E-state index contributed by atoms with van der Waals surface area (Å²) < 4.78 is 1.92. The van der Waals surface area contributed by atoms with Gasteiger partial charge in [-0.3, -0.25) is 0 Å². The van der Waals surface area contributed by atoms with Crippen LogP contribution in [0, 0.1) is 0 Å². The van der Waals surface area contributed by atoms with Crippen molar-refractivity contribution in [1.82, 2.24) is 4.42 Å². The molecule has 0 spiro atoms. The first kappa shape index (κ1) is 7.36. The van der Waals surface area contributed by atoms with Crippen LogP contribution < -0.4 is 0 Å². The van der Waals surface area contributed by atoms with Gasteiger partial charge in [-0.05, 0) is 24.6 Å². The Bertz CT molecular complexity index is 67.3. The predicted molar refractivity (Wildman–Crippen MR) is 40.5 cm³/mol. The van der Waals surface area contributed by atoms with E-state index in [0.717, 1.165) is 13.1 Å². The van der Waals surface area contributed by atoms with Gasteiger partial charge in [0, 0.05) is 13.1 Å². The van der Waals surface area contributed by atoms with Crippen LogP contribution in [0.3, 0.4) is 0 Å². The molecule has 9 heavy (non-hydrogen) atoms. The molecule has 0 saturated carbocycles. The second-order valence-corrected chi connectivity index (χ2v) is 3.16. The van der Waals surface area contributed by atoms with E-state index in [4.69, 9.17) is 11.8 Å². The summed E-state index contributed by atoms with van der Waals surface area (Å²) >= 11 is 5.83. The van der Waals surface area contributed by atoms with Crippen molar-refractivity contribution in [1.29, 1.82) is 0 Å². The van der Waals surface area contributed by atoms with E-state index in [0.29, 0.717) is 0 Å². The van der Waals surface area contributed by atoms with Crippen LogP contribution in [0.25, 0.3) is 0 Å². The van der Waals surface area contributed by atoms with E-state index in [1.807, 2.05) is 4.42 Å². The Labute approximate surface area is 62.1 Å².